The third-order valence-electron chi connectivity index (χ3n) is 1.16. The maximum absolute atomic E-state index is 11.0. The van der Waals surface area contributed by atoms with Crippen molar-refractivity contribution < 1.29 is 14.3 Å². The lowest BCUT2D eigenvalue weighted by Gasteiger charge is -1.93. The molecule has 0 saturated heterocycles. The van der Waals surface area contributed by atoms with Crippen molar-refractivity contribution in [2.24, 2.45) is 0 Å². The predicted molar refractivity (Wildman–Crippen MR) is 39.4 cm³/mol. The fourth-order valence-corrected chi connectivity index (χ4v) is 0.710. The summed E-state index contributed by atoms with van der Waals surface area (Å²) in [6.45, 7) is 3.20. The van der Waals surface area contributed by atoms with Crippen LogP contribution in [0.1, 0.15) is 17.0 Å². The number of Topliss-reactive ketones (excluding diaryl/α,β-unsaturated/α-hetero) is 1. The molecule has 0 spiro atoms. The highest BCUT2D eigenvalue weighted by Crippen LogP contribution is 2.06. The number of allylic oxidation sites excluding steroid dienone is 1. The molecule has 1 rings (SSSR count). The van der Waals surface area contributed by atoms with Crippen LogP contribution in [0.3, 0.4) is 0 Å². The highest BCUT2D eigenvalue weighted by atomic mass is 16.3. The van der Waals surface area contributed by atoms with Crippen molar-refractivity contribution in [3.05, 3.63) is 36.5 Å². The van der Waals surface area contributed by atoms with E-state index in [1.165, 1.54) is 6.26 Å². The van der Waals surface area contributed by atoms with Gasteiger partial charge in [0.05, 0.1) is 18.4 Å². The monoisotopic (exact) mass is 152 g/mol. The second kappa shape index (κ2) is 3.05. The Morgan fingerprint density at radius 3 is 2.91 bits per heavy atom. The number of carbonyl (C=O) groups is 1. The van der Waals surface area contributed by atoms with E-state index in [0.29, 0.717) is 0 Å². The normalized spacial score (nSPS) is 9.45. The minimum absolute atomic E-state index is 0.0759. The van der Waals surface area contributed by atoms with Crippen molar-refractivity contribution in [1.82, 2.24) is 0 Å². The Morgan fingerprint density at radius 1 is 1.73 bits per heavy atom. The number of carbonyl (C=O) groups excluding carboxylic acids is 1. The minimum atomic E-state index is -0.262. The van der Waals surface area contributed by atoms with Crippen LogP contribution in [0.5, 0.6) is 0 Å². The molecule has 58 valence electrons. The third kappa shape index (κ3) is 1.97. The van der Waals surface area contributed by atoms with Crippen molar-refractivity contribution in [2.45, 2.75) is 6.42 Å². The van der Waals surface area contributed by atoms with Gasteiger partial charge in [-0.3, -0.25) is 4.79 Å². The lowest BCUT2D eigenvalue weighted by atomic mass is 10.2. The average Bonchev–Trinajstić information content (AvgIpc) is 2.35. The minimum Gasteiger partial charge on any atom is -0.512 e. The molecular weight excluding hydrogens is 144 g/mol. The summed E-state index contributed by atoms with van der Waals surface area (Å²) in [5.74, 6) is -0.158. The van der Waals surface area contributed by atoms with Crippen molar-refractivity contribution in [3.63, 3.8) is 0 Å². The number of aliphatic hydroxyl groups excluding tert-OH is 1. The van der Waals surface area contributed by atoms with Gasteiger partial charge in [-0.05, 0) is 12.1 Å². The molecule has 0 radical (unpaired) electrons. The molecule has 1 N–H and O–H groups in total. The smallest absolute Gasteiger partial charge is 0.205 e. The molecule has 1 heterocycles. The quantitative estimate of drug-likeness (QED) is 0.531. The molecular formula is C8H8O3. The number of hydrogen-bond donors (Lipinski definition) is 1. The zero-order valence-electron chi connectivity index (χ0n) is 5.91. The second-order valence-electron chi connectivity index (χ2n) is 2.14. The van der Waals surface area contributed by atoms with Gasteiger partial charge in [0, 0.05) is 0 Å². The van der Waals surface area contributed by atoms with E-state index in [4.69, 9.17) is 9.52 Å². The van der Waals surface area contributed by atoms with Crippen LogP contribution in [-0.4, -0.2) is 10.9 Å². The first-order valence-electron chi connectivity index (χ1n) is 3.13. The van der Waals surface area contributed by atoms with Crippen molar-refractivity contribution in [3.8, 4) is 0 Å². The first-order valence-corrected chi connectivity index (χ1v) is 3.13. The SMILES string of the molecule is C=C(O)CC(=O)c1ccco1. The van der Waals surface area contributed by atoms with Gasteiger partial charge in [0.1, 0.15) is 0 Å². The lowest BCUT2D eigenvalue weighted by Crippen LogP contribution is -1.97. The molecule has 0 aliphatic carbocycles. The van der Waals surface area contributed by atoms with Crippen molar-refractivity contribution in [2.75, 3.05) is 0 Å². The topological polar surface area (TPSA) is 50.4 Å². The standard InChI is InChI=1S/C8H8O3/c1-6(9)5-7(10)8-3-2-4-11-8/h2-4,9H,1,5H2. The Hall–Kier alpha value is -1.51. The van der Waals surface area contributed by atoms with E-state index in [2.05, 4.69) is 6.58 Å². The Kier molecular flexibility index (Phi) is 2.11. The van der Waals surface area contributed by atoms with E-state index in [1.54, 1.807) is 12.1 Å². The summed E-state index contributed by atoms with van der Waals surface area (Å²) < 4.78 is 4.79. The van der Waals surface area contributed by atoms with Gasteiger partial charge < -0.3 is 9.52 Å². The fraction of sp³-hybridized carbons (Fsp3) is 0.125. The van der Waals surface area contributed by atoms with Gasteiger partial charge in [0.15, 0.2) is 5.76 Å². The van der Waals surface area contributed by atoms with E-state index >= 15 is 0 Å². The largest absolute Gasteiger partial charge is 0.512 e. The van der Waals surface area contributed by atoms with E-state index in [9.17, 15) is 4.79 Å². The zero-order valence-corrected chi connectivity index (χ0v) is 5.91. The highest BCUT2D eigenvalue weighted by Gasteiger charge is 2.08. The average molecular weight is 152 g/mol. The molecule has 0 fully saturated rings. The van der Waals surface area contributed by atoms with Gasteiger partial charge in [-0.1, -0.05) is 6.58 Å². The molecule has 1 aromatic heterocycles. The van der Waals surface area contributed by atoms with Gasteiger partial charge in [-0.15, -0.1) is 0 Å². The van der Waals surface area contributed by atoms with E-state index in [-0.39, 0.29) is 23.7 Å². The molecule has 3 heteroatoms. The van der Waals surface area contributed by atoms with Crippen LogP contribution in [0.4, 0.5) is 0 Å². The van der Waals surface area contributed by atoms with Crippen LogP contribution in [0.2, 0.25) is 0 Å². The molecule has 1 aromatic rings. The van der Waals surface area contributed by atoms with Gasteiger partial charge in [0.2, 0.25) is 5.78 Å². The number of hydrogen-bond acceptors (Lipinski definition) is 3. The van der Waals surface area contributed by atoms with Crippen LogP contribution < -0.4 is 0 Å². The molecule has 0 amide bonds. The molecule has 0 bridgehead atoms. The van der Waals surface area contributed by atoms with Gasteiger partial charge in [0.25, 0.3) is 0 Å². The number of ketones is 1. The Bertz CT molecular complexity index is 259. The second-order valence-corrected chi connectivity index (χ2v) is 2.14. The van der Waals surface area contributed by atoms with E-state index in [1.807, 2.05) is 0 Å². The van der Waals surface area contributed by atoms with Crippen LogP contribution >= 0.6 is 0 Å². The molecule has 0 aliphatic heterocycles. The van der Waals surface area contributed by atoms with Crippen molar-refractivity contribution in [1.29, 1.82) is 0 Å². The summed E-state index contributed by atoms with van der Waals surface area (Å²) in [7, 11) is 0. The predicted octanol–water partition coefficient (Wildman–Crippen LogP) is 1.92. The molecule has 0 atom stereocenters. The Morgan fingerprint density at radius 2 is 2.45 bits per heavy atom. The first kappa shape index (κ1) is 7.60. The van der Waals surface area contributed by atoms with Crippen LogP contribution in [0.25, 0.3) is 0 Å². The first-order chi connectivity index (χ1) is 5.20. The van der Waals surface area contributed by atoms with E-state index in [0.717, 1.165) is 0 Å². The summed E-state index contributed by atoms with van der Waals surface area (Å²) in [5.41, 5.74) is 0. The summed E-state index contributed by atoms with van der Waals surface area (Å²) in [4.78, 5) is 11.0. The summed E-state index contributed by atoms with van der Waals surface area (Å²) in [5, 5.41) is 8.66. The van der Waals surface area contributed by atoms with Crippen molar-refractivity contribution >= 4 is 5.78 Å². The molecule has 0 unspecified atom stereocenters. The summed E-state index contributed by atoms with van der Waals surface area (Å²) in [6, 6.07) is 3.17. The zero-order chi connectivity index (χ0) is 8.27. The van der Waals surface area contributed by atoms with Crippen LogP contribution in [0, 0.1) is 0 Å². The maximum atomic E-state index is 11.0. The van der Waals surface area contributed by atoms with E-state index < -0.39 is 0 Å². The Labute approximate surface area is 64.0 Å². The van der Waals surface area contributed by atoms with Gasteiger partial charge in [-0.25, -0.2) is 0 Å². The number of aliphatic hydroxyl groups is 1. The molecule has 3 nitrogen and oxygen atoms in total. The van der Waals surface area contributed by atoms with Gasteiger partial charge in [-0.2, -0.15) is 0 Å². The maximum Gasteiger partial charge on any atom is 0.205 e. The molecule has 0 saturated carbocycles. The summed E-state index contributed by atoms with van der Waals surface area (Å²) >= 11 is 0. The van der Waals surface area contributed by atoms with Crippen LogP contribution in [0.15, 0.2) is 35.2 Å². The molecule has 0 aliphatic rings. The third-order valence-corrected chi connectivity index (χ3v) is 1.16. The van der Waals surface area contributed by atoms with Gasteiger partial charge >= 0.3 is 0 Å². The number of rotatable bonds is 3. The summed E-state index contributed by atoms with van der Waals surface area (Å²) in [6.07, 6.45) is 1.33. The van der Waals surface area contributed by atoms with Crippen LogP contribution in [-0.2, 0) is 0 Å². The highest BCUT2D eigenvalue weighted by molar-refractivity contribution is 5.94. The lowest BCUT2D eigenvalue weighted by molar-refractivity contribution is 0.0954. The fourth-order valence-electron chi connectivity index (χ4n) is 0.710. The molecule has 0 aromatic carbocycles. The number of furan rings is 1. The molecule has 11 heavy (non-hydrogen) atoms. The Balaban J connectivity index is 2.64.